The molecule has 0 atom stereocenters. The summed E-state index contributed by atoms with van der Waals surface area (Å²) in [5, 5.41) is 4.74. The summed E-state index contributed by atoms with van der Waals surface area (Å²) in [6.45, 7) is 6.50. The van der Waals surface area contributed by atoms with Crippen LogP contribution in [0.25, 0.3) is 0 Å². The lowest BCUT2D eigenvalue weighted by molar-refractivity contribution is 0.548. The first-order chi connectivity index (χ1) is 9.25. The van der Waals surface area contributed by atoms with Gasteiger partial charge in [0.2, 0.25) is 0 Å². The summed E-state index contributed by atoms with van der Waals surface area (Å²) in [6, 6.07) is 4.25. The van der Waals surface area contributed by atoms with Gasteiger partial charge in [-0.25, -0.2) is 4.98 Å². The molecule has 1 fully saturated rings. The maximum absolute atomic E-state index is 4.56. The lowest BCUT2D eigenvalue weighted by Crippen LogP contribution is -2.19. The van der Waals surface area contributed by atoms with Crippen LogP contribution in [0.3, 0.4) is 0 Å². The van der Waals surface area contributed by atoms with Gasteiger partial charge in [0.1, 0.15) is 5.03 Å². The summed E-state index contributed by atoms with van der Waals surface area (Å²) in [5.74, 6) is 2.86. The van der Waals surface area contributed by atoms with Gasteiger partial charge in [0.05, 0.1) is 0 Å². The third kappa shape index (κ3) is 5.15. The van der Waals surface area contributed by atoms with Crippen LogP contribution in [0.2, 0.25) is 0 Å². The minimum Gasteiger partial charge on any atom is -0.312 e. The lowest BCUT2D eigenvalue weighted by atomic mass is 10.1. The molecule has 1 aromatic heterocycles. The van der Waals surface area contributed by atoms with Gasteiger partial charge in [0, 0.05) is 18.5 Å². The zero-order valence-electron chi connectivity index (χ0n) is 12.2. The zero-order chi connectivity index (χ0) is 13.5. The van der Waals surface area contributed by atoms with Crippen LogP contribution < -0.4 is 5.32 Å². The predicted molar refractivity (Wildman–Crippen MR) is 83.5 cm³/mol. The Labute approximate surface area is 121 Å². The van der Waals surface area contributed by atoms with E-state index < -0.39 is 0 Å². The molecule has 1 aliphatic rings. The first kappa shape index (κ1) is 14.9. The van der Waals surface area contributed by atoms with Gasteiger partial charge in [-0.05, 0) is 42.9 Å². The third-order valence-electron chi connectivity index (χ3n) is 3.65. The number of thioether (sulfide) groups is 1. The van der Waals surface area contributed by atoms with Gasteiger partial charge in [-0.1, -0.05) is 32.8 Å². The topological polar surface area (TPSA) is 24.9 Å². The molecule has 2 nitrogen and oxygen atoms in total. The molecule has 3 heteroatoms. The first-order valence-corrected chi connectivity index (χ1v) is 8.51. The Morgan fingerprint density at radius 3 is 2.89 bits per heavy atom. The highest BCUT2D eigenvalue weighted by Gasteiger charge is 2.16. The van der Waals surface area contributed by atoms with Gasteiger partial charge in [-0.2, -0.15) is 0 Å². The summed E-state index contributed by atoms with van der Waals surface area (Å²) in [5.41, 5.74) is 1.35. The van der Waals surface area contributed by atoms with Gasteiger partial charge in [-0.15, -0.1) is 11.8 Å². The summed E-state index contributed by atoms with van der Waals surface area (Å²) >= 11 is 1.95. The van der Waals surface area contributed by atoms with Crippen LogP contribution >= 0.6 is 11.8 Å². The number of hydrogen-bond donors (Lipinski definition) is 1. The standard InChI is InChI=1S/C16H26N2S/c1-13(2)10-17-11-15-8-5-9-18-16(15)19-12-14-6-3-4-7-14/h5,8-9,13-14,17H,3-4,6-7,10-12H2,1-2H3. The van der Waals surface area contributed by atoms with E-state index in [0.29, 0.717) is 5.92 Å². The number of aromatic nitrogens is 1. The van der Waals surface area contributed by atoms with Crippen molar-refractivity contribution >= 4 is 11.8 Å². The summed E-state index contributed by atoms with van der Waals surface area (Å²) in [7, 11) is 0. The number of nitrogens with zero attached hydrogens (tertiary/aromatic N) is 1. The van der Waals surface area contributed by atoms with Crippen LogP contribution in [0.1, 0.15) is 45.1 Å². The van der Waals surface area contributed by atoms with E-state index in [1.165, 1.54) is 42.0 Å². The molecule has 1 heterocycles. The molecule has 0 unspecified atom stereocenters. The molecule has 1 N–H and O–H groups in total. The molecule has 1 saturated carbocycles. The Balaban J connectivity index is 1.84. The number of hydrogen-bond acceptors (Lipinski definition) is 3. The average molecular weight is 278 g/mol. The minimum absolute atomic E-state index is 0.700. The monoisotopic (exact) mass is 278 g/mol. The SMILES string of the molecule is CC(C)CNCc1cccnc1SCC1CCCC1. The fourth-order valence-corrected chi connectivity index (χ4v) is 3.75. The highest BCUT2D eigenvalue weighted by atomic mass is 32.2. The Hall–Kier alpha value is -0.540. The van der Waals surface area contributed by atoms with Crippen LogP contribution in [-0.4, -0.2) is 17.3 Å². The Bertz CT molecular complexity index is 373. The molecule has 19 heavy (non-hydrogen) atoms. The molecule has 0 amide bonds. The van der Waals surface area contributed by atoms with E-state index in [1.54, 1.807) is 0 Å². The molecule has 0 saturated heterocycles. The molecule has 0 aromatic carbocycles. The second-order valence-electron chi connectivity index (χ2n) is 5.95. The van der Waals surface area contributed by atoms with Crippen LogP contribution in [0.5, 0.6) is 0 Å². The van der Waals surface area contributed by atoms with Crippen LogP contribution in [0, 0.1) is 11.8 Å². The maximum atomic E-state index is 4.56. The van der Waals surface area contributed by atoms with Gasteiger partial charge in [0.25, 0.3) is 0 Å². The van der Waals surface area contributed by atoms with Gasteiger partial charge in [0.15, 0.2) is 0 Å². The summed E-state index contributed by atoms with van der Waals surface area (Å²) < 4.78 is 0. The number of nitrogens with one attached hydrogen (secondary N) is 1. The molecule has 0 spiro atoms. The molecule has 106 valence electrons. The third-order valence-corrected chi connectivity index (χ3v) is 4.93. The Morgan fingerprint density at radius 1 is 1.37 bits per heavy atom. The highest BCUT2D eigenvalue weighted by Crippen LogP contribution is 2.31. The Kier molecular flexibility index (Phi) is 6.18. The van der Waals surface area contributed by atoms with Crippen molar-refractivity contribution in [3.63, 3.8) is 0 Å². The molecule has 0 aliphatic heterocycles. The second-order valence-corrected chi connectivity index (χ2v) is 6.96. The molecular formula is C16H26N2S. The molecule has 2 rings (SSSR count). The molecule has 0 radical (unpaired) electrons. The smallest absolute Gasteiger partial charge is 0.100 e. The molecule has 1 aliphatic carbocycles. The fraction of sp³-hybridized carbons (Fsp3) is 0.688. The zero-order valence-corrected chi connectivity index (χ0v) is 13.0. The summed E-state index contributed by atoms with van der Waals surface area (Å²) in [4.78, 5) is 4.56. The largest absolute Gasteiger partial charge is 0.312 e. The van der Waals surface area contributed by atoms with E-state index in [1.807, 2.05) is 24.0 Å². The van der Waals surface area contributed by atoms with Gasteiger partial charge >= 0.3 is 0 Å². The van der Waals surface area contributed by atoms with E-state index in [9.17, 15) is 0 Å². The van der Waals surface area contributed by atoms with Crippen molar-refractivity contribution in [1.29, 1.82) is 0 Å². The normalized spacial score (nSPS) is 16.4. The van der Waals surface area contributed by atoms with Crippen molar-refractivity contribution in [3.8, 4) is 0 Å². The maximum Gasteiger partial charge on any atom is 0.100 e. The van der Waals surface area contributed by atoms with Gasteiger partial charge < -0.3 is 5.32 Å². The average Bonchev–Trinajstić information content (AvgIpc) is 2.90. The van der Waals surface area contributed by atoms with Crippen molar-refractivity contribution in [3.05, 3.63) is 23.9 Å². The van der Waals surface area contributed by atoms with Crippen molar-refractivity contribution in [2.75, 3.05) is 12.3 Å². The first-order valence-electron chi connectivity index (χ1n) is 7.53. The van der Waals surface area contributed by atoms with Crippen molar-refractivity contribution in [2.24, 2.45) is 11.8 Å². The van der Waals surface area contributed by atoms with Crippen LogP contribution in [0.4, 0.5) is 0 Å². The van der Waals surface area contributed by atoms with Crippen molar-refractivity contribution in [1.82, 2.24) is 10.3 Å². The lowest BCUT2D eigenvalue weighted by Gasteiger charge is -2.12. The van der Waals surface area contributed by atoms with Crippen LogP contribution in [-0.2, 0) is 6.54 Å². The highest BCUT2D eigenvalue weighted by molar-refractivity contribution is 7.99. The van der Waals surface area contributed by atoms with E-state index in [4.69, 9.17) is 0 Å². The predicted octanol–water partition coefficient (Wildman–Crippen LogP) is 4.11. The Morgan fingerprint density at radius 2 is 2.16 bits per heavy atom. The summed E-state index contributed by atoms with van der Waals surface area (Å²) in [6.07, 6.45) is 7.61. The van der Waals surface area contributed by atoms with E-state index >= 15 is 0 Å². The fourth-order valence-electron chi connectivity index (χ4n) is 2.56. The van der Waals surface area contributed by atoms with Gasteiger partial charge in [-0.3, -0.25) is 0 Å². The minimum atomic E-state index is 0.700. The van der Waals surface area contributed by atoms with Crippen molar-refractivity contribution in [2.45, 2.75) is 51.1 Å². The number of rotatable bonds is 7. The van der Waals surface area contributed by atoms with Crippen molar-refractivity contribution < 1.29 is 0 Å². The quantitative estimate of drug-likeness (QED) is 0.760. The van der Waals surface area contributed by atoms with E-state index in [2.05, 4.69) is 30.2 Å². The second kappa shape index (κ2) is 7.91. The van der Waals surface area contributed by atoms with Crippen LogP contribution in [0.15, 0.2) is 23.4 Å². The molecular weight excluding hydrogens is 252 g/mol. The number of pyridine rings is 1. The van der Waals surface area contributed by atoms with E-state index in [-0.39, 0.29) is 0 Å². The van der Waals surface area contributed by atoms with E-state index in [0.717, 1.165) is 19.0 Å². The molecule has 1 aromatic rings. The molecule has 0 bridgehead atoms.